The number of ether oxygens (including phenoxy) is 1. The standard InChI is InChI=1S/C15H20O2Si/c1-13(10-11-18(2,3)4)15(16)17-12-14-8-6-5-7-9-14/h5-9,13H,12H2,1-4H3. The minimum Gasteiger partial charge on any atom is -0.460 e. The van der Waals surface area contributed by atoms with Crippen molar-refractivity contribution >= 4 is 14.0 Å². The lowest BCUT2D eigenvalue weighted by atomic mass is 10.2. The monoisotopic (exact) mass is 260 g/mol. The van der Waals surface area contributed by atoms with Crippen molar-refractivity contribution in [3.05, 3.63) is 35.9 Å². The maximum Gasteiger partial charge on any atom is 0.321 e. The highest BCUT2D eigenvalue weighted by atomic mass is 28.3. The predicted molar refractivity (Wildman–Crippen MR) is 76.5 cm³/mol. The minimum absolute atomic E-state index is 0.246. The van der Waals surface area contributed by atoms with Gasteiger partial charge in [-0.05, 0) is 12.5 Å². The molecule has 18 heavy (non-hydrogen) atoms. The van der Waals surface area contributed by atoms with E-state index in [0.29, 0.717) is 6.61 Å². The van der Waals surface area contributed by atoms with Gasteiger partial charge >= 0.3 is 5.97 Å². The summed E-state index contributed by atoms with van der Waals surface area (Å²) in [5, 5.41) is 0. The van der Waals surface area contributed by atoms with Crippen LogP contribution >= 0.6 is 0 Å². The number of carbonyl (C=O) groups is 1. The molecule has 0 heterocycles. The average molecular weight is 260 g/mol. The van der Waals surface area contributed by atoms with Crippen LogP contribution in [0.4, 0.5) is 0 Å². The summed E-state index contributed by atoms with van der Waals surface area (Å²) in [6, 6.07) is 9.67. The van der Waals surface area contributed by atoms with Crippen molar-refractivity contribution in [2.75, 3.05) is 0 Å². The largest absolute Gasteiger partial charge is 0.460 e. The maximum absolute atomic E-state index is 11.7. The first-order valence-electron chi connectivity index (χ1n) is 6.12. The van der Waals surface area contributed by atoms with Gasteiger partial charge in [-0.25, -0.2) is 0 Å². The van der Waals surface area contributed by atoms with E-state index in [0.717, 1.165) is 5.56 Å². The third-order valence-electron chi connectivity index (χ3n) is 2.24. The first-order valence-corrected chi connectivity index (χ1v) is 9.62. The van der Waals surface area contributed by atoms with Crippen LogP contribution in [-0.2, 0) is 16.1 Å². The van der Waals surface area contributed by atoms with Crippen molar-refractivity contribution in [3.63, 3.8) is 0 Å². The van der Waals surface area contributed by atoms with Crippen LogP contribution in [0.1, 0.15) is 12.5 Å². The molecule has 2 nitrogen and oxygen atoms in total. The van der Waals surface area contributed by atoms with Gasteiger partial charge in [0.05, 0.1) is 0 Å². The van der Waals surface area contributed by atoms with Gasteiger partial charge in [0.15, 0.2) is 0 Å². The number of benzene rings is 1. The second-order valence-electron chi connectivity index (χ2n) is 5.33. The van der Waals surface area contributed by atoms with Crippen LogP contribution in [0.25, 0.3) is 0 Å². The molecule has 0 bridgehead atoms. The Labute approximate surface area is 110 Å². The van der Waals surface area contributed by atoms with Crippen LogP contribution < -0.4 is 0 Å². The summed E-state index contributed by atoms with van der Waals surface area (Å²) in [6.07, 6.45) is 0. The smallest absolute Gasteiger partial charge is 0.321 e. The molecule has 0 aliphatic heterocycles. The van der Waals surface area contributed by atoms with Gasteiger partial charge < -0.3 is 4.74 Å². The van der Waals surface area contributed by atoms with E-state index in [1.807, 2.05) is 30.3 Å². The molecule has 1 unspecified atom stereocenters. The van der Waals surface area contributed by atoms with Crippen molar-refractivity contribution in [2.45, 2.75) is 33.2 Å². The number of rotatable bonds is 3. The second-order valence-corrected chi connectivity index (χ2v) is 10.1. The normalized spacial score (nSPS) is 12.2. The van der Waals surface area contributed by atoms with E-state index in [4.69, 9.17) is 4.74 Å². The van der Waals surface area contributed by atoms with Crippen LogP contribution in [0, 0.1) is 17.4 Å². The number of esters is 1. The topological polar surface area (TPSA) is 26.3 Å². The van der Waals surface area contributed by atoms with E-state index in [9.17, 15) is 4.79 Å². The third-order valence-corrected chi connectivity index (χ3v) is 3.14. The fraction of sp³-hybridized carbons (Fsp3) is 0.400. The molecule has 0 N–H and O–H groups in total. The zero-order valence-electron chi connectivity index (χ0n) is 11.5. The van der Waals surface area contributed by atoms with Crippen molar-refractivity contribution in [1.29, 1.82) is 0 Å². The quantitative estimate of drug-likeness (QED) is 0.474. The first kappa shape index (κ1) is 14.5. The molecule has 1 aromatic rings. The van der Waals surface area contributed by atoms with Crippen molar-refractivity contribution < 1.29 is 9.53 Å². The van der Waals surface area contributed by atoms with E-state index in [-0.39, 0.29) is 11.9 Å². The molecule has 3 heteroatoms. The van der Waals surface area contributed by atoms with E-state index in [2.05, 4.69) is 31.1 Å². The maximum atomic E-state index is 11.7. The molecule has 0 saturated heterocycles. The number of hydrogen-bond acceptors (Lipinski definition) is 2. The molecule has 0 aliphatic rings. The van der Waals surface area contributed by atoms with E-state index in [1.165, 1.54) is 0 Å². The van der Waals surface area contributed by atoms with Gasteiger partial charge in [-0.3, -0.25) is 4.79 Å². The Kier molecular flexibility index (Phi) is 5.18. The summed E-state index contributed by atoms with van der Waals surface area (Å²) in [6.45, 7) is 8.57. The third kappa shape index (κ3) is 5.69. The summed E-state index contributed by atoms with van der Waals surface area (Å²) < 4.78 is 5.23. The van der Waals surface area contributed by atoms with E-state index < -0.39 is 8.07 Å². The minimum atomic E-state index is -1.42. The van der Waals surface area contributed by atoms with Crippen molar-refractivity contribution in [3.8, 4) is 11.5 Å². The first-order chi connectivity index (χ1) is 8.38. The SMILES string of the molecule is CC(C#C[Si](C)(C)C)C(=O)OCc1ccccc1. The summed E-state index contributed by atoms with van der Waals surface area (Å²) in [4.78, 5) is 11.7. The van der Waals surface area contributed by atoms with Gasteiger partial charge in [-0.1, -0.05) is 55.9 Å². The van der Waals surface area contributed by atoms with Gasteiger partial charge in [0.25, 0.3) is 0 Å². The molecule has 1 aromatic carbocycles. The van der Waals surface area contributed by atoms with Gasteiger partial charge in [-0.15, -0.1) is 5.54 Å². The van der Waals surface area contributed by atoms with Crippen LogP contribution in [0.5, 0.6) is 0 Å². The molecule has 0 aromatic heterocycles. The Morgan fingerprint density at radius 1 is 1.28 bits per heavy atom. The Morgan fingerprint density at radius 2 is 1.89 bits per heavy atom. The Hall–Kier alpha value is -1.53. The fourth-order valence-corrected chi connectivity index (χ4v) is 1.89. The molecular weight excluding hydrogens is 240 g/mol. The Balaban J connectivity index is 2.48. The van der Waals surface area contributed by atoms with Crippen LogP contribution in [0.15, 0.2) is 30.3 Å². The van der Waals surface area contributed by atoms with E-state index >= 15 is 0 Å². The lowest BCUT2D eigenvalue weighted by molar-refractivity contribution is -0.147. The summed E-state index contributed by atoms with van der Waals surface area (Å²) in [5.41, 5.74) is 4.19. The van der Waals surface area contributed by atoms with Gasteiger partial charge in [0.1, 0.15) is 20.6 Å². The zero-order valence-corrected chi connectivity index (χ0v) is 12.5. The van der Waals surface area contributed by atoms with E-state index in [1.54, 1.807) is 6.92 Å². The summed E-state index contributed by atoms with van der Waals surface area (Å²) >= 11 is 0. The predicted octanol–water partition coefficient (Wildman–Crippen LogP) is 3.25. The van der Waals surface area contributed by atoms with Gasteiger partial charge in [0.2, 0.25) is 0 Å². The second kappa shape index (κ2) is 6.41. The highest BCUT2D eigenvalue weighted by molar-refractivity contribution is 6.83. The molecule has 0 amide bonds. The molecule has 0 saturated carbocycles. The van der Waals surface area contributed by atoms with Crippen LogP contribution in [0.2, 0.25) is 19.6 Å². The lowest BCUT2D eigenvalue weighted by Crippen LogP contribution is -2.19. The molecule has 1 rings (SSSR count). The molecule has 0 fully saturated rings. The van der Waals surface area contributed by atoms with Gasteiger partial charge in [-0.2, -0.15) is 0 Å². The Morgan fingerprint density at radius 3 is 2.44 bits per heavy atom. The fourth-order valence-electron chi connectivity index (χ4n) is 1.24. The molecule has 0 radical (unpaired) electrons. The number of carbonyl (C=O) groups excluding carboxylic acids is 1. The van der Waals surface area contributed by atoms with Crippen LogP contribution in [-0.4, -0.2) is 14.0 Å². The highest BCUT2D eigenvalue weighted by Crippen LogP contribution is 2.05. The molecule has 0 spiro atoms. The molecular formula is C15H20O2Si. The Bertz CT molecular complexity index is 449. The number of hydrogen-bond donors (Lipinski definition) is 0. The van der Waals surface area contributed by atoms with Crippen molar-refractivity contribution in [2.24, 2.45) is 5.92 Å². The van der Waals surface area contributed by atoms with Crippen LogP contribution in [0.3, 0.4) is 0 Å². The molecule has 0 aliphatic carbocycles. The zero-order chi connectivity index (χ0) is 13.6. The molecule has 96 valence electrons. The highest BCUT2D eigenvalue weighted by Gasteiger charge is 2.13. The summed E-state index contributed by atoms with van der Waals surface area (Å²) in [7, 11) is -1.42. The van der Waals surface area contributed by atoms with Crippen molar-refractivity contribution in [1.82, 2.24) is 0 Å². The lowest BCUT2D eigenvalue weighted by Gasteiger charge is -2.08. The summed E-state index contributed by atoms with van der Waals surface area (Å²) in [5.74, 6) is 2.40. The molecule has 1 atom stereocenters. The average Bonchev–Trinajstić information content (AvgIpc) is 2.33. The van der Waals surface area contributed by atoms with Gasteiger partial charge in [0, 0.05) is 0 Å².